The minimum absolute atomic E-state index is 0.0648. The molecule has 0 aliphatic carbocycles. The van der Waals surface area contributed by atoms with Crippen LogP contribution in [0.25, 0.3) is 0 Å². The Hall–Kier alpha value is -2.55. The number of carbonyl (C=O) groups is 2. The Kier molecular flexibility index (Phi) is 5.14. The van der Waals surface area contributed by atoms with Crippen molar-refractivity contribution < 1.29 is 27.9 Å². The first-order valence-electron chi connectivity index (χ1n) is 8.53. The molecule has 146 valence electrons. The van der Waals surface area contributed by atoms with E-state index < -0.39 is 29.2 Å². The summed E-state index contributed by atoms with van der Waals surface area (Å²) in [7, 11) is 3.28. The molecule has 1 aromatic carbocycles. The van der Waals surface area contributed by atoms with Crippen LogP contribution >= 0.6 is 0 Å². The maximum atomic E-state index is 13.4. The van der Waals surface area contributed by atoms with Gasteiger partial charge in [0.25, 0.3) is 11.8 Å². The largest absolute Gasteiger partial charge is 0.379 e. The molecule has 0 spiro atoms. The van der Waals surface area contributed by atoms with Crippen molar-refractivity contribution in [2.24, 2.45) is 5.16 Å². The Labute approximate surface area is 155 Å². The van der Waals surface area contributed by atoms with Crippen molar-refractivity contribution in [2.45, 2.75) is 37.5 Å². The molecule has 0 aromatic heterocycles. The molecule has 3 atom stereocenters. The van der Waals surface area contributed by atoms with Crippen molar-refractivity contribution in [1.29, 1.82) is 0 Å². The Morgan fingerprint density at radius 3 is 2.56 bits per heavy atom. The van der Waals surface area contributed by atoms with Crippen LogP contribution in [0.4, 0.5) is 8.78 Å². The second-order valence-corrected chi connectivity index (χ2v) is 7.16. The predicted octanol–water partition coefficient (Wildman–Crippen LogP) is 1.21. The molecule has 1 fully saturated rings. The number of halogens is 2. The van der Waals surface area contributed by atoms with Crippen LogP contribution in [0.2, 0.25) is 0 Å². The van der Waals surface area contributed by atoms with Gasteiger partial charge in [0.15, 0.2) is 0 Å². The Morgan fingerprint density at radius 1 is 1.26 bits per heavy atom. The summed E-state index contributed by atoms with van der Waals surface area (Å²) in [6.45, 7) is 1.77. The molecule has 9 heteroatoms. The maximum Gasteiger partial charge on any atom is 0.267 e. The summed E-state index contributed by atoms with van der Waals surface area (Å²) in [5, 5.41) is 6.63. The lowest BCUT2D eigenvalue weighted by Crippen LogP contribution is -2.49. The minimum Gasteiger partial charge on any atom is -0.379 e. The highest BCUT2D eigenvalue weighted by Gasteiger charge is 2.44. The number of ether oxygens (including phenoxy) is 1. The van der Waals surface area contributed by atoms with Gasteiger partial charge in [0, 0.05) is 38.6 Å². The molecule has 2 amide bonds. The van der Waals surface area contributed by atoms with E-state index in [1.807, 2.05) is 0 Å². The zero-order chi connectivity index (χ0) is 19.8. The highest BCUT2D eigenvalue weighted by molar-refractivity contribution is 6.05. The number of carbonyl (C=O) groups excluding carboxylic acids is 2. The molecule has 2 aliphatic heterocycles. The van der Waals surface area contributed by atoms with Gasteiger partial charge in [0.05, 0.1) is 18.4 Å². The van der Waals surface area contributed by atoms with Gasteiger partial charge in [-0.2, -0.15) is 0 Å². The van der Waals surface area contributed by atoms with Crippen molar-refractivity contribution in [3.05, 3.63) is 35.4 Å². The van der Waals surface area contributed by atoms with Crippen molar-refractivity contribution in [1.82, 2.24) is 10.2 Å². The molecular weight excluding hydrogens is 360 g/mol. The fourth-order valence-electron chi connectivity index (χ4n) is 3.06. The number of benzene rings is 1. The number of amides is 2. The summed E-state index contributed by atoms with van der Waals surface area (Å²) >= 11 is 0. The summed E-state index contributed by atoms with van der Waals surface area (Å²) < 4.78 is 32.2. The van der Waals surface area contributed by atoms with Crippen molar-refractivity contribution in [3.8, 4) is 0 Å². The van der Waals surface area contributed by atoms with Crippen molar-refractivity contribution in [3.63, 3.8) is 0 Å². The molecule has 3 rings (SSSR count). The quantitative estimate of drug-likeness (QED) is 0.850. The number of oxime groups is 1. The number of likely N-dealkylation sites (N-methyl/N-ethyl adjacent to an activating group) is 1. The molecule has 7 nitrogen and oxygen atoms in total. The molecular formula is C18H21F2N3O4. The first-order valence-corrected chi connectivity index (χ1v) is 8.53. The molecule has 2 unspecified atom stereocenters. The van der Waals surface area contributed by atoms with E-state index in [1.165, 1.54) is 4.90 Å². The van der Waals surface area contributed by atoms with Gasteiger partial charge in [-0.1, -0.05) is 5.16 Å². The summed E-state index contributed by atoms with van der Waals surface area (Å²) in [5.41, 5.74) is -0.791. The molecule has 1 saturated heterocycles. The van der Waals surface area contributed by atoms with E-state index in [4.69, 9.17) is 9.57 Å². The van der Waals surface area contributed by atoms with Gasteiger partial charge in [-0.3, -0.25) is 9.59 Å². The van der Waals surface area contributed by atoms with E-state index in [0.29, 0.717) is 6.42 Å². The average Bonchev–Trinajstić information content (AvgIpc) is 3.21. The monoisotopic (exact) mass is 381 g/mol. The molecule has 27 heavy (non-hydrogen) atoms. The third kappa shape index (κ3) is 4.08. The van der Waals surface area contributed by atoms with Gasteiger partial charge in [-0.15, -0.1) is 0 Å². The lowest BCUT2D eigenvalue weighted by molar-refractivity contribution is -0.142. The molecule has 2 aliphatic rings. The lowest BCUT2D eigenvalue weighted by atomic mass is 9.94. The standard InChI is InChI=1S/C18H21F2N3O4/c1-18(8-14(22-27-18)10-4-11(19)6-12(20)5-10)17(25)21-13-7-15(26-9-13)16(24)23(2)3/h4-6,13,15H,7-9H2,1-3H3,(H,21,25)/t13?,15?,18-/m1/s1. The Balaban J connectivity index is 1.61. The van der Waals surface area contributed by atoms with Crippen molar-refractivity contribution >= 4 is 17.5 Å². The normalized spacial score (nSPS) is 27.1. The number of hydrogen-bond donors (Lipinski definition) is 1. The van der Waals surface area contributed by atoms with E-state index >= 15 is 0 Å². The average molecular weight is 381 g/mol. The predicted molar refractivity (Wildman–Crippen MR) is 92.0 cm³/mol. The van der Waals surface area contributed by atoms with Crippen LogP contribution in [-0.4, -0.2) is 60.9 Å². The van der Waals surface area contributed by atoms with Gasteiger partial charge >= 0.3 is 0 Å². The van der Waals surface area contributed by atoms with E-state index in [2.05, 4.69) is 10.5 Å². The number of nitrogens with one attached hydrogen (secondary N) is 1. The van der Waals surface area contributed by atoms with Gasteiger partial charge in [-0.05, 0) is 19.1 Å². The molecule has 0 radical (unpaired) electrons. The summed E-state index contributed by atoms with van der Waals surface area (Å²) in [4.78, 5) is 31.3. The van der Waals surface area contributed by atoms with Crippen LogP contribution in [0, 0.1) is 11.6 Å². The third-order valence-electron chi connectivity index (χ3n) is 4.59. The number of rotatable bonds is 4. The lowest BCUT2D eigenvalue weighted by Gasteiger charge is -2.22. The highest BCUT2D eigenvalue weighted by atomic mass is 19.1. The van der Waals surface area contributed by atoms with E-state index in [0.717, 1.165) is 18.2 Å². The van der Waals surface area contributed by atoms with Gasteiger partial charge in [-0.25, -0.2) is 8.78 Å². The molecule has 0 saturated carbocycles. The minimum atomic E-state index is -1.30. The van der Waals surface area contributed by atoms with Crippen LogP contribution in [0.1, 0.15) is 25.3 Å². The second kappa shape index (κ2) is 7.22. The van der Waals surface area contributed by atoms with Crippen molar-refractivity contribution in [2.75, 3.05) is 20.7 Å². The first kappa shape index (κ1) is 19.2. The highest BCUT2D eigenvalue weighted by Crippen LogP contribution is 2.28. The van der Waals surface area contributed by atoms with Gasteiger partial charge in [0.2, 0.25) is 5.60 Å². The molecule has 1 aromatic rings. The fourth-order valence-corrected chi connectivity index (χ4v) is 3.06. The molecule has 2 heterocycles. The van der Waals surface area contributed by atoms with Crippen LogP contribution in [-0.2, 0) is 19.2 Å². The van der Waals surface area contributed by atoms with E-state index in [-0.39, 0.29) is 36.3 Å². The number of hydrogen-bond acceptors (Lipinski definition) is 5. The summed E-state index contributed by atoms with van der Waals surface area (Å²) in [6, 6.07) is 2.70. The fraction of sp³-hybridized carbons (Fsp3) is 0.500. The van der Waals surface area contributed by atoms with Crippen LogP contribution in [0.3, 0.4) is 0 Å². The first-order chi connectivity index (χ1) is 12.7. The number of nitrogens with zero attached hydrogens (tertiary/aromatic N) is 2. The summed E-state index contributed by atoms with van der Waals surface area (Å²) in [5.74, 6) is -2.05. The Morgan fingerprint density at radius 2 is 1.93 bits per heavy atom. The second-order valence-electron chi connectivity index (χ2n) is 7.16. The van der Waals surface area contributed by atoms with Crippen LogP contribution in [0.5, 0.6) is 0 Å². The SMILES string of the molecule is CN(C)C(=O)C1CC(NC(=O)[C@@]2(C)CC(c3cc(F)cc(F)c3)=NO2)CO1. The van der Waals surface area contributed by atoms with Crippen LogP contribution in [0.15, 0.2) is 23.4 Å². The van der Waals surface area contributed by atoms with Gasteiger partial charge in [0.1, 0.15) is 17.7 Å². The Bertz CT molecular complexity index is 779. The smallest absolute Gasteiger partial charge is 0.267 e. The van der Waals surface area contributed by atoms with E-state index in [9.17, 15) is 18.4 Å². The molecule has 1 N–H and O–H groups in total. The summed E-state index contributed by atoms with van der Waals surface area (Å²) in [6.07, 6.45) is -0.165. The van der Waals surface area contributed by atoms with Gasteiger partial charge < -0.3 is 19.8 Å². The van der Waals surface area contributed by atoms with E-state index in [1.54, 1.807) is 21.0 Å². The molecule has 0 bridgehead atoms. The third-order valence-corrected chi connectivity index (χ3v) is 4.59. The van der Waals surface area contributed by atoms with Crippen LogP contribution < -0.4 is 5.32 Å². The topological polar surface area (TPSA) is 80.2 Å². The maximum absolute atomic E-state index is 13.4. The zero-order valence-electron chi connectivity index (χ0n) is 15.3. The zero-order valence-corrected chi connectivity index (χ0v) is 15.3.